The average molecular weight is 509 g/mol. The molecule has 1 saturated heterocycles. The molecule has 0 radical (unpaired) electrons. The Morgan fingerprint density at radius 1 is 0.868 bits per heavy atom. The highest BCUT2D eigenvalue weighted by Gasteiger charge is 2.37. The number of likely N-dealkylation sites (tertiary alicyclic amines) is 1. The topological polar surface area (TPSA) is 99.3 Å². The molecule has 8 nitrogen and oxygen atoms in total. The van der Waals surface area contributed by atoms with Crippen molar-refractivity contribution in [3.05, 3.63) is 79.0 Å². The number of rotatable bonds is 5. The summed E-state index contributed by atoms with van der Waals surface area (Å²) >= 11 is 0. The average Bonchev–Trinajstić information content (AvgIpc) is 3.64. The van der Waals surface area contributed by atoms with Gasteiger partial charge in [0.15, 0.2) is 5.82 Å². The van der Waals surface area contributed by atoms with Gasteiger partial charge in [-0.3, -0.25) is 25.0 Å². The van der Waals surface area contributed by atoms with Crippen molar-refractivity contribution in [3.8, 4) is 33.9 Å². The van der Waals surface area contributed by atoms with E-state index >= 15 is 0 Å². The van der Waals surface area contributed by atoms with Crippen LogP contribution in [0.15, 0.2) is 73.4 Å². The molecule has 6 heterocycles. The summed E-state index contributed by atoms with van der Waals surface area (Å²) in [6.45, 7) is 0.622. The van der Waals surface area contributed by atoms with Gasteiger partial charge in [-0.05, 0) is 47.5 Å². The van der Waals surface area contributed by atoms with Gasteiger partial charge >= 0.3 is 0 Å². The second-order valence-corrected chi connectivity index (χ2v) is 9.61. The first-order valence-electron chi connectivity index (χ1n) is 12.3. The lowest BCUT2D eigenvalue weighted by molar-refractivity contribution is 0.0115. The third-order valence-corrected chi connectivity index (χ3v) is 6.92. The largest absolute Gasteiger partial charge is 0.336 e. The monoisotopic (exact) mass is 508 g/mol. The Labute approximate surface area is 215 Å². The van der Waals surface area contributed by atoms with Crippen LogP contribution in [0.4, 0.5) is 8.78 Å². The highest BCUT2D eigenvalue weighted by Crippen LogP contribution is 2.33. The van der Waals surface area contributed by atoms with Gasteiger partial charge in [-0.25, -0.2) is 13.8 Å². The number of benzene rings is 1. The summed E-state index contributed by atoms with van der Waals surface area (Å²) in [5.41, 5.74) is 7.66. The summed E-state index contributed by atoms with van der Waals surface area (Å²) in [6, 6.07) is 13.7. The van der Waals surface area contributed by atoms with E-state index in [-0.39, 0.29) is 13.0 Å². The van der Waals surface area contributed by atoms with E-state index in [9.17, 15) is 8.78 Å². The molecule has 7 rings (SSSR count). The maximum absolute atomic E-state index is 13.6. The molecule has 0 spiro atoms. The summed E-state index contributed by atoms with van der Waals surface area (Å²) in [7, 11) is 0. The number of nitrogens with zero attached hydrogens (tertiary/aromatic N) is 6. The van der Waals surface area contributed by atoms with Crippen molar-refractivity contribution in [2.24, 2.45) is 0 Å². The minimum atomic E-state index is -2.61. The number of fused-ring (bicyclic) bond motifs is 2. The molecule has 0 amide bonds. The number of hydrogen-bond acceptors (Lipinski definition) is 6. The Morgan fingerprint density at radius 2 is 1.76 bits per heavy atom. The number of hydrogen-bond donors (Lipinski definition) is 2. The maximum atomic E-state index is 13.6. The smallest absolute Gasteiger partial charge is 0.261 e. The molecule has 1 fully saturated rings. The van der Waals surface area contributed by atoms with Crippen LogP contribution in [0.5, 0.6) is 0 Å². The summed E-state index contributed by atoms with van der Waals surface area (Å²) < 4.78 is 27.3. The molecule has 10 heteroatoms. The lowest BCUT2D eigenvalue weighted by atomic mass is 10.0. The zero-order valence-corrected chi connectivity index (χ0v) is 20.2. The molecule has 1 aromatic carbocycles. The van der Waals surface area contributed by atoms with E-state index in [1.165, 1.54) is 0 Å². The molecular formula is C28H22F2N8. The number of halogens is 2. The van der Waals surface area contributed by atoms with Gasteiger partial charge in [0.2, 0.25) is 0 Å². The highest BCUT2D eigenvalue weighted by atomic mass is 19.3. The van der Waals surface area contributed by atoms with E-state index in [0.29, 0.717) is 24.6 Å². The van der Waals surface area contributed by atoms with Crippen LogP contribution in [0.25, 0.3) is 55.8 Å². The van der Waals surface area contributed by atoms with Crippen molar-refractivity contribution in [2.45, 2.75) is 18.9 Å². The lowest BCUT2D eigenvalue weighted by Gasteiger charge is -2.15. The predicted molar refractivity (Wildman–Crippen MR) is 140 cm³/mol. The molecule has 6 aromatic rings. The lowest BCUT2D eigenvalue weighted by Crippen LogP contribution is -2.24. The van der Waals surface area contributed by atoms with Crippen molar-refractivity contribution >= 4 is 21.9 Å². The quantitative estimate of drug-likeness (QED) is 0.321. The van der Waals surface area contributed by atoms with Gasteiger partial charge < -0.3 is 4.98 Å². The second kappa shape index (κ2) is 8.77. The van der Waals surface area contributed by atoms with E-state index in [1.807, 2.05) is 42.5 Å². The molecule has 0 aliphatic carbocycles. The van der Waals surface area contributed by atoms with Crippen molar-refractivity contribution < 1.29 is 8.78 Å². The normalized spacial score (nSPS) is 15.5. The summed E-state index contributed by atoms with van der Waals surface area (Å²) in [5, 5.41) is 8.56. The molecule has 0 unspecified atom stereocenters. The molecule has 0 bridgehead atoms. The van der Waals surface area contributed by atoms with Crippen molar-refractivity contribution in [3.63, 3.8) is 0 Å². The summed E-state index contributed by atoms with van der Waals surface area (Å²) in [6.07, 6.45) is 8.65. The predicted octanol–water partition coefficient (Wildman–Crippen LogP) is 5.47. The van der Waals surface area contributed by atoms with Crippen LogP contribution in [-0.2, 0) is 6.54 Å². The Kier molecular flexibility index (Phi) is 5.22. The van der Waals surface area contributed by atoms with Gasteiger partial charge in [-0.2, -0.15) is 5.10 Å². The van der Waals surface area contributed by atoms with Crippen molar-refractivity contribution in [1.82, 2.24) is 40.0 Å². The van der Waals surface area contributed by atoms with Crippen LogP contribution in [0.3, 0.4) is 0 Å². The standard InChI is InChI=1S/C28H22F2N8/c29-28(30)6-10-38(16-28)15-17-11-20(14-32-13-17)19-1-2-22-21(12-19)25(37-36-22)27-34-23-5-9-33-24(26(23)35-27)18-3-7-31-8-4-18/h1-5,7-9,11-14H,6,10,15-16H2,(H,34,35)(H,36,37). The fraction of sp³-hybridized carbons (Fsp3) is 0.179. The van der Waals surface area contributed by atoms with Crippen molar-refractivity contribution in [2.75, 3.05) is 13.1 Å². The number of aromatic nitrogens is 7. The molecular weight excluding hydrogens is 486 g/mol. The number of alkyl halides is 2. The first kappa shape index (κ1) is 22.6. The van der Waals surface area contributed by atoms with E-state index in [2.05, 4.69) is 30.1 Å². The third kappa shape index (κ3) is 4.08. The Balaban J connectivity index is 1.24. The van der Waals surface area contributed by atoms with Crippen LogP contribution in [0.2, 0.25) is 0 Å². The number of aromatic amines is 2. The number of H-pyrrole nitrogens is 2. The van der Waals surface area contributed by atoms with Gasteiger partial charge in [0, 0.05) is 67.0 Å². The second-order valence-electron chi connectivity index (χ2n) is 9.61. The molecule has 38 heavy (non-hydrogen) atoms. The highest BCUT2D eigenvalue weighted by molar-refractivity contribution is 5.97. The first-order valence-corrected chi connectivity index (χ1v) is 12.3. The fourth-order valence-corrected chi connectivity index (χ4v) is 5.07. The molecule has 0 atom stereocenters. The van der Waals surface area contributed by atoms with Gasteiger partial charge in [0.05, 0.1) is 23.3 Å². The molecule has 188 valence electrons. The Bertz CT molecular complexity index is 1780. The van der Waals surface area contributed by atoms with Gasteiger partial charge in [-0.1, -0.05) is 6.07 Å². The zero-order chi connectivity index (χ0) is 25.7. The van der Waals surface area contributed by atoms with Gasteiger partial charge in [-0.15, -0.1) is 0 Å². The zero-order valence-electron chi connectivity index (χ0n) is 20.2. The number of nitrogens with one attached hydrogen (secondary N) is 2. The maximum Gasteiger partial charge on any atom is 0.261 e. The minimum absolute atomic E-state index is 0.0953. The van der Waals surface area contributed by atoms with E-state index in [4.69, 9.17) is 4.98 Å². The Morgan fingerprint density at radius 3 is 2.61 bits per heavy atom. The number of pyridine rings is 3. The van der Waals surface area contributed by atoms with Gasteiger partial charge in [0.1, 0.15) is 11.2 Å². The third-order valence-electron chi connectivity index (χ3n) is 6.92. The van der Waals surface area contributed by atoms with Crippen molar-refractivity contribution in [1.29, 1.82) is 0 Å². The van der Waals surface area contributed by atoms with Crippen LogP contribution >= 0.6 is 0 Å². The molecule has 1 aliphatic rings. The van der Waals surface area contributed by atoms with E-state index < -0.39 is 5.92 Å². The van der Waals surface area contributed by atoms with Crippen LogP contribution in [0, 0.1) is 0 Å². The summed E-state index contributed by atoms with van der Waals surface area (Å²) in [5.74, 6) is -1.98. The fourth-order valence-electron chi connectivity index (χ4n) is 5.07. The molecule has 0 saturated carbocycles. The first-order chi connectivity index (χ1) is 18.5. The summed E-state index contributed by atoms with van der Waals surface area (Å²) in [4.78, 5) is 23.1. The molecule has 5 aromatic heterocycles. The van der Waals surface area contributed by atoms with Crippen LogP contribution in [-0.4, -0.2) is 59.0 Å². The number of imidazole rings is 1. The Hall–Kier alpha value is -4.57. The van der Waals surface area contributed by atoms with E-state index in [0.717, 1.165) is 49.9 Å². The van der Waals surface area contributed by atoms with Gasteiger partial charge in [0.25, 0.3) is 5.92 Å². The molecule has 1 aliphatic heterocycles. The molecule has 2 N–H and O–H groups in total. The van der Waals surface area contributed by atoms with Crippen LogP contribution < -0.4 is 0 Å². The van der Waals surface area contributed by atoms with E-state index in [1.54, 1.807) is 35.9 Å². The SMILES string of the molecule is FC1(F)CCN(Cc2cncc(-c3ccc4[nH]nc(-c5nc6c(-c7ccncc7)nccc6[nH]5)c4c3)c2)C1. The minimum Gasteiger partial charge on any atom is -0.336 e. The van der Waals surface area contributed by atoms with Crippen LogP contribution in [0.1, 0.15) is 12.0 Å².